The lowest BCUT2D eigenvalue weighted by atomic mass is 10.1. The standard InChI is InChI=1S/C9H11FO3/c1-2-3-7(11)4-5-8(12)6-9(10)13/h2H,1,3-6H2. The molecule has 0 aromatic heterocycles. The molecule has 4 heteroatoms. The Morgan fingerprint density at radius 2 is 1.69 bits per heavy atom. The van der Waals surface area contributed by atoms with E-state index in [9.17, 15) is 18.8 Å². The number of hydrogen-bond acceptors (Lipinski definition) is 3. The van der Waals surface area contributed by atoms with E-state index in [1.807, 2.05) is 0 Å². The van der Waals surface area contributed by atoms with Gasteiger partial charge in [0.1, 0.15) is 11.6 Å². The quantitative estimate of drug-likeness (QED) is 0.342. The second-order valence-electron chi connectivity index (χ2n) is 2.60. The molecule has 0 bridgehead atoms. The summed E-state index contributed by atoms with van der Waals surface area (Å²) >= 11 is 0. The van der Waals surface area contributed by atoms with Gasteiger partial charge < -0.3 is 0 Å². The Labute approximate surface area is 75.6 Å². The summed E-state index contributed by atoms with van der Waals surface area (Å²) in [6.07, 6.45) is 0.909. The topological polar surface area (TPSA) is 51.2 Å². The highest BCUT2D eigenvalue weighted by Gasteiger charge is 2.09. The van der Waals surface area contributed by atoms with E-state index in [0.29, 0.717) is 0 Å². The lowest BCUT2D eigenvalue weighted by Crippen LogP contribution is -2.06. The SMILES string of the molecule is C=CCC(=O)CCC(=O)CC(=O)F. The Morgan fingerprint density at radius 1 is 1.15 bits per heavy atom. The average Bonchev–Trinajstić information content (AvgIpc) is 2.00. The molecule has 3 nitrogen and oxygen atoms in total. The third-order valence-electron chi connectivity index (χ3n) is 1.39. The molecule has 0 spiro atoms. The van der Waals surface area contributed by atoms with E-state index in [-0.39, 0.29) is 25.0 Å². The molecule has 0 aliphatic rings. The summed E-state index contributed by atoms with van der Waals surface area (Å²) in [7, 11) is 0. The molecular weight excluding hydrogens is 175 g/mol. The van der Waals surface area contributed by atoms with E-state index in [1.165, 1.54) is 6.08 Å². The van der Waals surface area contributed by atoms with Crippen molar-refractivity contribution in [3.8, 4) is 0 Å². The summed E-state index contributed by atoms with van der Waals surface area (Å²) in [5.74, 6) is -0.667. The molecule has 0 radical (unpaired) electrons. The van der Waals surface area contributed by atoms with Crippen molar-refractivity contribution in [3.63, 3.8) is 0 Å². The third kappa shape index (κ3) is 7.05. The Balaban J connectivity index is 3.63. The fourth-order valence-corrected chi connectivity index (χ4v) is 0.785. The summed E-state index contributed by atoms with van der Waals surface area (Å²) in [6.45, 7) is 3.36. The predicted octanol–water partition coefficient (Wildman–Crippen LogP) is 1.37. The number of allylic oxidation sites excluding steroid dienone is 1. The minimum Gasteiger partial charge on any atom is -0.299 e. The molecule has 72 valence electrons. The van der Waals surface area contributed by atoms with Gasteiger partial charge in [0.15, 0.2) is 0 Å². The molecule has 0 rings (SSSR count). The number of rotatable bonds is 7. The van der Waals surface area contributed by atoms with Crippen molar-refractivity contribution in [1.82, 2.24) is 0 Å². The van der Waals surface area contributed by atoms with Crippen molar-refractivity contribution in [2.45, 2.75) is 25.7 Å². The van der Waals surface area contributed by atoms with Gasteiger partial charge in [0.25, 0.3) is 0 Å². The molecule has 0 unspecified atom stereocenters. The number of carbonyl (C=O) groups excluding carboxylic acids is 3. The summed E-state index contributed by atoms with van der Waals surface area (Å²) < 4.78 is 11.7. The van der Waals surface area contributed by atoms with Crippen LogP contribution in [-0.4, -0.2) is 17.6 Å². The first-order valence-corrected chi connectivity index (χ1v) is 3.89. The maximum absolute atomic E-state index is 11.7. The van der Waals surface area contributed by atoms with E-state index >= 15 is 0 Å². The van der Waals surface area contributed by atoms with Crippen molar-refractivity contribution < 1.29 is 18.8 Å². The normalized spacial score (nSPS) is 9.31. The van der Waals surface area contributed by atoms with Gasteiger partial charge in [0.05, 0.1) is 6.42 Å². The minimum absolute atomic E-state index is 0.0537. The third-order valence-corrected chi connectivity index (χ3v) is 1.39. The Kier molecular flexibility index (Phi) is 5.59. The van der Waals surface area contributed by atoms with Gasteiger partial charge in [0.2, 0.25) is 0 Å². The second-order valence-corrected chi connectivity index (χ2v) is 2.60. The van der Waals surface area contributed by atoms with E-state index < -0.39 is 18.2 Å². The number of carbonyl (C=O) groups is 3. The lowest BCUT2D eigenvalue weighted by molar-refractivity contribution is -0.134. The molecule has 0 aliphatic heterocycles. The highest BCUT2D eigenvalue weighted by molar-refractivity contribution is 5.96. The highest BCUT2D eigenvalue weighted by Crippen LogP contribution is 2.00. The molecule has 13 heavy (non-hydrogen) atoms. The molecule has 0 aliphatic carbocycles. The zero-order chi connectivity index (χ0) is 10.3. The van der Waals surface area contributed by atoms with Crippen LogP contribution < -0.4 is 0 Å². The van der Waals surface area contributed by atoms with Crippen molar-refractivity contribution in [1.29, 1.82) is 0 Å². The van der Waals surface area contributed by atoms with Gasteiger partial charge in [-0.2, -0.15) is 4.39 Å². The van der Waals surface area contributed by atoms with E-state index in [0.717, 1.165) is 0 Å². The molecule has 0 N–H and O–H groups in total. The molecule has 0 saturated heterocycles. The maximum Gasteiger partial charge on any atom is 0.308 e. The van der Waals surface area contributed by atoms with E-state index in [2.05, 4.69) is 6.58 Å². The first-order chi connectivity index (χ1) is 6.06. The van der Waals surface area contributed by atoms with Crippen LogP contribution in [0.3, 0.4) is 0 Å². The minimum atomic E-state index is -1.65. The molecule has 0 heterocycles. The van der Waals surface area contributed by atoms with Gasteiger partial charge in [-0.25, -0.2) is 0 Å². The zero-order valence-corrected chi connectivity index (χ0v) is 7.22. The van der Waals surface area contributed by atoms with Crippen molar-refractivity contribution >= 4 is 17.6 Å². The van der Waals surface area contributed by atoms with Crippen LogP contribution in [-0.2, 0) is 14.4 Å². The van der Waals surface area contributed by atoms with Crippen LogP contribution in [0, 0.1) is 0 Å². The van der Waals surface area contributed by atoms with Crippen LogP contribution in [0.1, 0.15) is 25.7 Å². The van der Waals surface area contributed by atoms with Gasteiger partial charge in [-0.05, 0) is 0 Å². The highest BCUT2D eigenvalue weighted by atomic mass is 19.1. The van der Waals surface area contributed by atoms with Crippen molar-refractivity contribution in [3.05, 3.63) is 12.7 Å². The van der Waals surface area contributed by atoms with Crippen LogP contribution in [0.5, 0.6) is 0 Å². The largest absolute Gasteiger partial charge is 0.308 e. The number of hydrogen-bond donors (Lipinski definition) is 0. The molecular formula is C9H11FO3. The van der Waals surface area contributed by atoms with Gasteiger partial charge >= 0.3 is 6.04 Å². The zero-order valence-electron chi connectivity index (χ0n) is 7.22. The predicted molar refractivity (Wildman–Crippen MR) is 44.8 cm³/mol. The molecule has 0 aromatic carbocycles. The molecule has 0 fully saturated rings. The van der Waals surface area contributed by atoms with Gasteiger partial charge in [-0.15, -0.1) is 6.58 Å². The fraction of sp³-hybridized carbons (Fsp3) is 0.444. The lowest BCUT2D eigenvalue weighted by Gasteiger charge is -1.95. The Bertz CT molecular complexity index is 233. The molecule has 0 saturated carbocycles. The van der Waals surface area contributed by atoms with Gasteiger partial charge in [-0.1, -0.05) is 6.08 Å². The summed E-state index contributed by atoms with van der Waals surface area (Å²) in [4.78, 5) is 31.4. The van der Waals surface area contributed by atoms with E-state index in [4.69, 9.17) is 0 Å². The summed E-state index contributed by atoms with van der Waals surface area (Å²) in [5.41, 5.74) is 0. The fourth-order valence-electron chi connectivity index (χ4n) is 0.785. The van der Waals surface area contributed by atoms with Crippen LogP contribution in [0.4, 0.5) is 4.39 Å². The first-order valence-electron chi connectivity index (χ1n) is 3.89. The summed E-state index contributed by atoms with van der Waals surface area (Å²) in [6, 6.07) is -1.65. The van der Waals surface area contributed by atoms with Crippen molar-refractivity contribution in [2.75, 3.05) is 0 Å². The number of Topliss-reactive ketones (excluding diaryl/α,β-unsaturated/α-hetero) is 2. The van der Waals surface area contributed by atoms with Crippen LogP contribution in [0.2, 0.25) is 0 Å². The van der Waals surface area contributed by atoms with E-state index in [1.54, 1.807) is 0 Å². The molecule has 0 amide bonds. The molecule has 0 aromatic rings. The van der Waals surface area contributed by atoms with Crippen molar-refractivity contribution in [2.24, 2.45) is 0 Å². The smallest absolute Gasteiger partial charge is 0.299 e. The van der Waals surface area contributed by atoms with Gasteiger partial charge in [0, 0.05) is 19.3 Å². The Hall–Kier alpha value is -1.32. The monoisotopic (exact) mass is 186 g/mol. The van der Waals surface area contributed by atoms with Crippen LogP contribution >= 0.6 is 0 Å². The molecule has 0 atom stereocenters. The number of halogens is 1. The Morgan fingerprint density at radius 3 is 2.15 bits per heavy atom. The average molecular weight is 186 g/mol. The van der Waals surface area contributed by atoms with Crippen LogP contribution in [0.25, 0.3) is 0 Å². The second kappa shape index (κ2) is 6.22. The number of ketones is 2. The maximum atomic E-state index is 11.7. The van der Waals surface area contributed by atoms with Crippen LogP contribution in [0.15, 0.2) is 12.7 Å². The first kappa shape index (κ1) is 11.7. The van der Waals surface area contributed by atoms with Gasteiger partial charge in [-0.3, -0.25) is 14.4 Å². The summed E-state index contributed by atoms with van der Waals surface area (Å²) in [5, 5.41) is 0.